The van der Waals surface area contributed by atoms with Gasteiger partial charge in [-0.1, -0.05) is 12.1 Å². The highest BCUT2D eigenvalue weighted by molar-refractivity contribution is 14.0. The van der Waals surface area contributed by atoms with Crippen LogP contribution in [-0.4, -0.2) is 47.5 Å². The van der Waals surface area contributed by atoms with Crippen molar-refractivity contribution < 1.29 is 4.92 Å². The zero-order valence-corrected chi connectivity index (χ0v) is 19.4. The summed E-state index contributed by atoms with van der Waals surface area (Å²) in [6.07, 6.45) is 1.03. The van der Waals surface area contributed by atoms with Gasteiger partial charge in [0.15, 0.2) is 5.96 Å². The molecule has 0 radical (unpaired) electrons. The molecule has 1 rings (SSSR count). The Morgan fingerprint density at radius 2 is 1.89 bits per heavy atom. The molecule has 7 nitrogen and oxygen atoms in total. The molecule has 0 bridgehead atoms. The van der Waals surface area contributed by atoms with Crippen molar-refractivity contribution in [2.24, 2.45) is 4.99 Å². The summed E-state index contributed by atoms with van der Waals surface area (Å²) in [7, 11) is 0. The molecule has 154 valence electrons. The number of nitrogens with zero attached hydrogens (tertiary/aromatic N) is 3. The van der Waals surface area contributed by atoms with Gasteiger partial charge in [-0.3, -0.25) is 15.0 Å². The Hall–Kier alpha value is -1.42. The summed E-state index contributed by atoms with van der Waals surface area (Å²) in [5.74, 6) is 0.736. The average molecular weight is 491 g/mol. The van der Waals surface area contributed by atoms with E-state index in [2.05, 4.69) is 48.2 Å². The summed E-state index contributed by atoms with van der Waals surface area (Å²) in [6, 6.07) is 7.66. The minimum Gasteiger partial charge on any atom is -0.357 e. The molecule has 0 aliphatic carbocycles. The van der Waals surface area contributed by atoms with Crippen molar-refractivity contribution in [3.63, 3.8) is 0 Å². The summed E-state index contributed by atoms with van der Waals surface area (Å²) < 4.78 is 0. The van der Waals surface area contributed by atoms with Gasteiger partial charge in [0.25, 0.3) is 5.69 Å². The van der Waals surface area contributed by atoms with Gasteiger partial charge in [0, 0.05) is 43.9 Å². The van der Waals surface area contributed by atoms with E-state index in [4.69, 9.17) is 0 Å². The van der Waals surface area contributed by atoms with Crippen molar-refractivity contribution in [3.8, 4) is 0 Å². The lowest BCUT2D eigenvalue weighted by Gasteiger charge is -2.30. The minimum atomic E-state index is -0.383. The number of nitrogens with one attached hydrogen (secondary N) is 2. The first-order valence-corrected chi connectivity index (χ1v) is 9.36. The molecule has 8 heteroatoms. The van der Waals surface area contributed by atoms with E-state index >= 15 is 0 Å². The molecular weight excluding hydrogens is 457 g/mol. The Kier molecular flexibility index (Phi) is 13.0. The monoisotopic (exact) mass is 491 g/mol. The minimum absolute atomic E-state index is 0. The number of rotatable bonds is 10. The second kappa shape index (κ2) is 13.7. The molecule has 0 saturated carbocycles. The topological polar surface area (TPSA) is 82.8 Å². The van der Waals surface area contributed by atoms with E-state index in [9.17, 15) is 10.1 Å². The Morgan fingerprint density at radius 1 is 1.22 bits per heavy atom. The standard InChI is InChI=1S/C19H33N5O2.HI/c1-6-20-19(21-11-8-12-23(15(2)3)16(4)5)22-14-17-9-7-10-18(13-17)24(25)26;/h7,9-10,13,15-16H,6,8,11-12,14H2,1-5H3,(H2,20,21,22);1H. The van der Waals surface area contributed by atoms with E-state index in [0.29, 0.717) is 18.6 Å². The molecule has 0 fully saturated rings. The molecule has 0 spiro atoms. The summed E-state index contributed by atoms with van der Waals surface area (Å²) in [5.41, 5.74) is 0.917. The SMILES string of the molecule is CCNC(=NCc1cccc([N+](=O)[O-])c1)NCCCN(C(C)C)C(C)C.I. The van der Waals surface area contributed by atoms with Crippen LogP contribution in [0.15, 0.2) is 29.3 Å². The summed E-state index contributed by atoms with van der Waals surface area (Å²) in [5, 5.41) is 17.4. The lowest BCUT2D eigenvalue weighted by molar-refractivity contribution is -0.384. The van der Waals surface area contributed by atoms with Crippen LogP contribution < -0.4 is 10.6 Å². The predicted molar refractivity (Wildman–Crippen MR) is 123 cm³/mol. The molecule has 0 atom stereocenters. The molecule has 27 heavy (non-hydrogen) atoms. The van der Waals surface area contributed by atoms with E-state index in [1.165, 1.54) is 6.07 Å². The van der Waals surface area contributed by atoms with Gasteiger partial charge in [0.05, 0.1) is 11.5 Å². The van der Waals surface area contributed by atoms with Gasteiger partial charge >= 0.3 is 0 Å². The molecule has 1 aromatic rings. The molecule has 0 aliphatic heterocycles. The van der Waals surface area contributed by atoms with Crippen molar-refractivity contribution in [1.29, 1.82) is 0 Å². The highest BCUT2D eigenvalue weighted by Crippen LogP contribution is 2.13. The van der Waals surface area contributed by atoms with Crippen molar-refractivity contribution in [2.45, 2.75) is 59.7 Å². The molecule has 0 unspecified atom stereocenters. The summed E-state index contributed by atoms with van der Waals surface area (Å²) in [4.78, 5) is 17.5. The van der Waals surface area contributed by atoms with Gasteiger partial charge in [0.2, 0.25) is 0 Å². The smallest absolute Gasteiger partial charge is 0.269 e. The molecule has 0 aliphatic rings. The number of benzene rings is 1. The van der Waals surface area contributed by atoms with Crippen molar-refractivity contribution in [1.82, 2.24) is 15.5 Å². The van der Waals surface area contributed by atoms with Crippen LogP contribution in [0.2, 0.25) is 0 Å². The molecule has 0 heterocycles. The number of nitro benzene ring substituents is 1. The maximum absolute atomic E-state index is 10.9. The third-order valence-corrected chi connectivity index (χ3v) is 4.10. The normalized spacial score (nSPS) is 11.6. The Balaban J connectivity index is 0.00000676. The van der Waals surface area contributed by atoms with E-state index < -0.39 is 0 Å². The lowest BCUT2D eigenvalue weighted by atomic mass is 10.2. The summed E-state index contributed by atoms with van der Waals surface area (Å²) in [6.45, 7) is 13.9. The third kappa shape index (κ3) is 9.90. The number of halogens is 1. The van der Waals surface area contributed by atoms with Crippen LogP contribution in [0.4, 0.5) is 5.69 Å². The van der Waals surface area contributed by atoms with Gasteiger partial charge in [-0.05, 0) is 46.6 Å². The second-order valence-electron chi connectivity index (χ2n) is 6.83. The van der Waals surface area contributed by atoms with E-state index in [-0.39, 0.29) is 34.6 Å². The Labute approximate surface area is 180 Å². The number of hydrogen-bond acceptors (Lipinski definition) is 4. The molecule has 2 N–H and O–H groups in total. The van der Waals surface area contributed by atoms with Crippen molar-refractivity contribution in [3.05, 3.63) is 39.9 Å². The van der Waals surface area contributed by atoms with Crippen LogP contribution in [0.25, 0.3) is 0 Å². The highest BCUT2D eigenvalue weighted by Gasteiger charge is 2.12. The summed E-state index contributed by atoms with van der Waals surface area (Å²) >= 11 is 0. The van der Waals surface area contributed by atoms with Crippen LogP contribution in [0.5, 0.6) is 0 Å². The predicted octanol–water partition coefficient (Wildman–Crippen LogP) is 3.78. The zero-order chi connectivity index (χ0) is 19.5. The average Bonchev–Trinajstić information content (AvgIpc) is 2.58. The van der Waals surface area contributed by atoms with Gasteiger partial charge < -0.3 is 10.6 Å². The van der Waals surface area contributed by atoms with Crippen LogP contribution in [0.1, 0.15) is 46.6 Å². The maximum atomic E-state index is 10.9. The molecule has 0 aromatic heterocycles. The highest BCUT2D eigenvalue weighted by atomic mass is 127. The number of aliphatic imine (C=N–C) groups is 1. The van der Waals surface area contributed by atoms with Gasteiger partial charge in [-0.2, -0.15) is 0 Å². The first-order valence-electron chi connectivity index (χ1n) is 9.36. The fraction of sp³-hybridized carbons (Fsp3) is 0.632. The maximum Gasteiger partial charge on any atom is 0.269 e. The van der Waals surface area contributed by atoms with Gasteiger partial charge in [0.1, 0.15) is 0 Å². The van der Waals surface area contributed by atoms with Gasteiger partial charge in [-0.25, -0.2) is 4.99 Å². The van der Waals surface area contributed by atoms with Gasteiger partial charge in [-0.15, -0.1) is 24.0 Å². The largest absolute Gasteiger partial charge is 0.357 e. The van der Waals surface area contributed by atoms with Crippen LogP contribution in [0, 0.1) is 10.1 Å². The van der Waals surface area contributed by atoms with Crippen molar-refractivity contribution >= 4 is 35.6 Å². The number of guanidine groups is 1. The molecule has 1 aromatic carbocycles. The number of nitro groups is 1. The van der Waals surface area contributed by atoms with Crippen LogP contribution in [-0.2, 0) is 6.54 Å². The lowest BCUT2D eigenvalue weighted by Crippen LogP contribution is -2.41. The van der Waals surface area contributed by atoms with Crippen molar-refractivity contribution in [2.75, 3.05) is 19.6 Å². The first kappa shape index (κ1) is 25.6. The van der Waals surface area contributed by atoms with Crippen LogP contribution >= 0.6 is 24.0 Å². The molecule has 0 amide bonds. The van der Waals surface area contributed by atoms with Crippen LogP contribution in [0.3, 0.4) is 0 Å². The fourth-order valence-electron chi connectivity index (χ4n) is 2.86. The zero-order valence-electron chi connectivity index (χ0n) is 17.1. The number of hydrogen-bond donors (Lipinski definition) is 2. The Morgan fingerprint density at radius 3 is 2.44 bits per heavy atom. The Bertz CT molecular complexity index is 585. The second-order valence-corrected chi connectivity index (χ2v) is 6.83. The quantitative estimate of drug-likeness (QED) is 0.130. The third-order valence-electron chi connectivity index (χ3n) is 4.10. The van der Waals surface area contributed by atoms with E-state index in [0.717, 1.165) is 37.6 Å². The fourth-order valence-corrected chi connectivity index (χ4v) is 2.86. The van der Waals surface area contributed by atoms with E-state index in [1.807, 2.05) is 13.0 Å². The number of non-ortho nitro benzene ring substituents is 1. The first-order chi connectivity index (χ1) is 12.3. The van der Waals surface area contributed by atoms with E-state index in [1.54, 1.807) is 12.1 Å². The molecular formula is C19H34IN5O2. The molecule has 0 saturated heterocycles.